The van der Waals surface area contributed by atoms with Crippen molar-refractivity contribution in [2.24, 2.45) is 0 Å². The molecule has 0 atom stereocenters. The Labute approximate surface area is 151 Å². The van der Waals surface area contributed by atoms with Crippen molar-refractivity contribution in [3.05, 3.63) is 52.8 Å². The van der Waals surface area contributed by atoms with Crippen LogP contribution < -0.4 is 15.0 Å². The molecule has 6 nitrogen and oxygen atoms in total. The van der Waals surface area contributed by atoms with Gasteiger partial charge in [-0.25, -0.2) is 0 Å². The fourth-order valence-corrected chi connectivity index (χ4v) is 2.43. The van der Waals surface area contributed by atoms with Crippen molar-refractivity contribution in [2.75, 3.05) is 18.6 Å². The molecule has 2 rings (SSSR count). The molecule has 2 amide bonds. The summed E-state index contributed by atoms with van der Waals surface area (Å²) in [5.74, 6) is -0.133. The molecule has 0 radical (unpaired) electrons. The standard InChI is InChI=1S/C18H20ClN3O3/c1-12-8-16(17(25-3)9-15(12)19)22(13(2)23)11-18(24)21-10-14-6-4-5-7-20-14/h4-9H,10-11H2,1-3H3,(H,21,24). The highest BCUT2D eigenvalue weighted by atomic mass is 35.5. The fraction of sp³-hybridized carbons (Fsp3) is 0.278. The van der Waals surface area contributed by atoms with Gasteiger partial charge in [0.05, 0.1) is 25.0 Å². The first kappa shape index (κ1) is 18.7. The second-order valence-electron chi connectivity index (χ2n) is 5.48. The van der Waals surface area contributed by atoms with E-state index in [-0.39, 0.29) is 18.4 Å². The minimum Gasteiger partial charge on any atom is -0.495 e. The summed E-state index contributed by atoms with van der Waals surface area (Å²) in [5, 5.41) is 3.29. The predicted molar refractivity (Wildman–Crippen MR) is 96.9 cm³/mol. The van der Waals surface area contributed by atoms with Crippen LogP contribution >= 0.6 is 11.6 Å². The van der Waals surface area contributed by atoms with E-state index in [1.807, 2.05) is 19.1 Å². The van der Waals surface area contributed by atoms with Crippen LogP contribution in [-0.2, 0) is 16.1 Å². The van der Waals surface area contributed by atoms with Crippen LogP contribution in [0.25, 0.3) is 0 Å². The summed E-state index contributed by atoms with van der Waals surface area (Å²) in [4.78, 5) is 29.8. The SMILES string of the molecule is COc1cc(Cl)c(C)cc1N(CC(=O)NCc1ccccn1)C(C)=O. The Kier molecular flexibility index (Phi) is 6.36. The van der Waals surface area contributed by atoms with E-state index in [0.717, 1.165) is 11.3 Å². The number of amides is 2. The first-order valence-corrected chi connectivity index (χ1v) is 8.09. The number of pyridine rings is 1. The minimum absolute atomic E-state index is 0.125. The maximum Gasteiger partial charge on any atom is 0.240 e. The Morgan fingerprint density at radius 3 is 2.68 bits per heavy atom. The van der Waals surface area contributed by atoms with Crippen molar-refractivity contribution in [1.82, 2.24) is 10.3 Å². The molecule has 1 aromatic carbocycles. The third-order valence-electron chi connectivity index (χ3n) is 3.63. The molecule has 0 saturated carbocycles. The number of carbonyl (C=O) groups is 2. The largest absolute Gasteiger partial charge is 0.495 e. The Balaban J connectivity index is 2.14. The van der Waals surface area contributed by atoms with E-state index in [4.69, 9.17) is 16.3 Å². The number of nitrogens with one attached hydrogen (secondary N) is 1. The highest BCUT2D eigenvalue weighted by molar-refractivity contribution is 6.31. The number of benzene rings is 1. The molecular weight excluding hydrogens is 342 g/mol. The van der Waals surface area contributed by atoms with E-state index in [9.17, 15) is 9.59 Å². The average molecular weight is 362 g/mol. The average Bonchev–Trinajstić information content (AvgIpc) is 2.60. The summed E-state index contributed by atoms with van der Waals surface area (Å²) in [6, 6.07) is 8.83. The topological polar surface area (TPSA) is 71.5 Å². The summed E-state index contributed by atoms with van der Waals surface area (Å²) >= 11 is 6.10. The molecule has 1 aromatic heterocycles. The molecule has 2 aromatic rings. The molecule has 0 bridgehead atoms. The lowest BCUT2D eigenvalue weighted by atomic mass is 10.2. The van der Waals surface area contributed by atoms with Gasteiger partial charge in [0, 0.05) is 24.2 Å². The number of rotatable bonds is 6. The van der Waals surface area contributed by atoms with Gasteiger partial charge < -0.3 is 10.1 Å². The molecule has 1 heterocycles. The maximum atomic E-state index is 12.3. The number of aromatic nitrogens is 1. The van der Waals surface area contributed by atoms with Crippen molar-refractivity contribution in [3.63, 3.8) is 0 Å². The van der Waals surface area contributed by atoms with Gasteiger partial charge in [-0.2, -0.15) is 0 Å². The lowest BCUT2D eigenvalue weighted by Crippen LogP contribution is -2.40. The van der Waals surface area contributed by atoms with Gasteiger partial charge in [-0.1, -0.05) is 17.7 Å². The summed E-state index contributed by atoms with van der Waals surface area (Å²) in [6.45, 7) is 3.39. The van der Waals surface area contributed by atoms with Gasteiger partial charge in [-0.15, -0.1) is 0 Å². The first-order chi connectivity index (χ1) is 11.9. The summed E-state index contributed by atoms with van der Waals surface area (Å²) in [5.41, 5.74) is 2.03. The normalized spacial score (nSPS) is 10.2. The van der Waals surface area contributed by atoms with Crippen LogP contribution in [0, 0.1) is 6.92 Å². The van der Waals surface area contributed by atoms with Crippen molar-refractivity contribution in [1.29, 1.82) is 0 Å². The first-order valence-electron chi connectivity index (χ1n) is 7.71. The van der Waals surface area contributed by atoms with Gasteiger partial charge in [0.2, 0.25) is 11.8 Å². The molecule has 0 fully saturated rings. The lowest BCUT2D eigenvalue weighted by Gasteiger charge is -2.23. The zero-order chi connectivity index (χ0) is 18.4. The van der Waals surface area contributed by atoms with Crippen LogP contribution in [-0.4, -0.2) is 30.5 Å². The van der Waals surface area contributed by atoms with Gasteiger partial charge in [0.25, 0.3) is 0 Å². The molecule has 0 saturated heterocycles. The molecule has 25 heavy (non-hydrogen) atoms. The van der Waals surface area contributed by atoms with E-state index in [1.54, 1.807) is 24.4 Å². The smallest absolute Gasteiger partial charge is 0.240 e. The van der Waals surface area contributed by atoms with Gasteiger partial charge in [0.15, 0.2) is 0 Å². The maximum absolute atomic E-state index is 12.3. The van der Waals surface area contributed by atoms with Crippen LogP contribution in [0.4, 0.5) is 5.69 Å². The molecule has 1 N–H and O–H groups in total. The molecule has 0 spiro atoms. The van der Waals surface area contributed by atoms with E-state index in [1.165, 1.54) is 18.9 Å². The minimum atomic E-state index is -0.296. The molecular formula is C18H20ClN3O3. The number of methoxy groups -OCH3 is 1. The second kappa shape index (κ2) is 8.48. The fourth-order valence-electron chi connectivity index (χ4n) is 2.28. The third-order valence-corrected chi connectivity index (χ3v) is 4.03. The Hall–Kier alpha value is -2.60. The Morgan fingerprint density at radius 1 is 1.32 bits per heavy atom. The molecule has 0 aliphatic heterocycles. The number of carbonyl (C=O) groups excluding carboxylic acids is 2. The molecule has 132 valence electrons. The van der Waals surface area contributed by atoms with Crippen LogP contribution in [0.5, 0.6) is 5.75 Å². The highest BCUT2D eigenvalue weighted by Crippen LogP contribution is 2.33. The molecule has 0 aliphatic rings. The van der Waals surface area contributed by atoms with Crippen LogP contribution in [0.15, 0.2) is 36.5 Å². The zero-order valence-electron chi connectivity index (χ0n) is 14.4. The second-order valence-corrected chi connectivity index (χ2v) is 5.88. The highest BCUT2D eigenvalue weighted by Gasteiger charge is 2.20. The summed E-state index contributed by atoms with van der Waals surface area (Å²) < 4.78 is 5.30. The van der Waals surface area contributed by atoms with Gasteiger partial charge in [0.1, 0.15) is 12.3 Å². The molecule has 0 aliphatic carbocycles. The van der Waals surface area contributed by atoms with Gasteiger partial charge >= 0.3 is 0 Å². The van der Waals surface area contributed by atoms with E-state index in [0.29, 0.717) is 23.0 Å². The number of nitrogens with zero attached hydrogens (tertiary/aromatic N) is 2. The Morgan fingerprint density at radius 2 is 2.08 bits per heavy atom. The summed E-state index contributed by atoms with van der Waals surface area (Å²) in [6.07, 6.45) is 1.66. The van der Waals surface area contributed by atoms with Crippen LogP contribution in [0.1, 0.15) is 18.2 Å². The lowest BCUT2D eigenvalue weighted by molar-refractivity contribution is -0.123. The summed E-state index contributed by atoms with van der Waals surface area (Å²) in [7, 11) is 1.49. The number of ether oxygens (including phenoxy) is 1. The number of hydrogen-bond donors (Lipinski definition) is 1. The van der Waals surface area contributed by atoms with Crippen molar-refractivity contribution in [3.8, 4) is 5.75 Å². The quantitative estimate of drug-likeness (QED) is 0.858. The van der Waals surface area contributed by atoms with Crippen LogP contribution in [0.2, 0.25) is 5.02 Å². The van der Waals surface area contributed by atoms with Crippen molar-refractivity contribution < 1.29 is 14.3 Å². The number of halogens is 1. The van der Waals surface area contributed by atoms with E-state index >= 15 is 0 Å². The zero-order valence-corrected chi connectivity index (χ0v) is 15.1. The number of hydrogen-bond acceptors (Lipinski definition) is 4. The Bertz CT molecular complexity index is 766. The molecule has 7 heteroatoms. The van der Waals surface area contributed by atoms with Gasteiger partial charge in [-0.05, 0) is 30.7 Å². The van der Waals surface area contributed by atoms with Crippen molar-refractivity contribution in [2.45, 2.75) is 20.4 Å². The van der Waals surface area contributed by atoms with Crippen molar-refractivity contribution >= 4 is 29.1 Å². The number of anilines is 1. The molecule has 0 unspecified atom stereocenters. The van der Waals surface area contributed by atoms with Gasteiger partial charge in [-0.3, -0.25) is 19.5 Å². The predicted octanol–water partition coefficient (Wildman–Crippen LogP) is 2.72. The van der Waals surface area contributed by atoms with E-state index in [2.05, 4.69) is 10.3 Å². The third kappa shape index (κ3) is 4.93. The number of aryl methyl sites for hydroxylation is 1. The monoisotopic (exact) mass is 361 g/mol. The van der Waals surface area contributed by atoms with E-state index < -0.39 is 0 Å². The van der Waals surface area contributed by atoms with Crippen LogP contribution in [0.3, 0.4) is 0 Å².